The number of aliphatic hydroxyl groups is 2. The van der Waals surface area contributed by atoms with Gasteiger partial charge >= 0.3 is 11.9 Å². The molecule has 0 radical (unpaired) electrons. The van der Waals surface area contributed by atoms with E-state index in [-0.39, 0.29) is 18.9 Å². The van der Waals surface area contributed by atoms with Gasteiger partial charge in [-0.05, 0) is 25.8 Å². The molecule has 0 spiro atoms. The van der Waals surface area contributed by atoms with Crippen molar-refractivity contribution in [3.05, 3.63) is 36.0 Å². The van der Waals surface area contributed by atoms with Crippen molar-refractivity contribution in [3.8, 4) is 0 Å². The van der Waals surface area contributed by atoms with E-state index in [4.69, 9.17) is 19.3 Å². The summed E-state index contributed by atoms with van der Waals surface area (Å²) in [6.07, 6.45) is 9.97. The van der Waals surface area contributed by atoms with Gasteiger partial charge in [0, 0.05) is 30.1 Å². The Morgan fingerprint density at radius 2 is 1.67 bits per heavy atom. The fourth-order valence-electron chi connectivity index (χ4n) is 5.07. The maximum atomic E-state index is 12.7. The summed E-state index contributed by atoms with van der Waals surface area (Å²) < 4.78 is 17.3. The van der Waals surface area contributed by atoms with Crippen LogP contribution in [0.5, 0.6) is 0 Å². The minimum absolute atomic E-state index is 0.164. The Bertz CT molecular complexity index is 1010. The Labute approximate surface area is 230 Å². The largest absolute Gasteiger partial charge is 0.481 e. The zero-order valence-electron chi connectivity index (χ0n) is 23.1. The Kier molecular flexibility index (Phi) is 13.2. The van der Waals surface area contributed by atoms with Crippen molar-refractivity contribution < 1.29 is 39.1 Å². The first kappa shape index (κ1) is 31.1. The van der Waals surface area contributed by atoms with Gasteiger partial charge in [0.2, 0.25) is 0 Å². The van der Waals surface area contributed by atoms with E-state index in [1.54, 1.807) is 6.20 Å². The van der Waals surface area contributed by atoms with E-state index in [2.05, 4.69) is 4.98 Å². The summed E-state index contributed by atoms with van der Waals surface area (Å²) in [5.41, 5.74) is 1.34. The molecule has 0 amide bonds. The van der Waals surface area contributed by atoms with Crippen molar-refractivity contribution in [2.75, 3.05) is 6.61 Å². The van der Waals surface area contributed by atoms with Crippen molar-refractivity contribution in [1.29, 1.82) is 0 Å². The van der Waals surface area contributed by atoms with Crippen LogP contribution in [0.2, 0.25) is 0 Å². The van der Waals surface area contributed by atoms with Crippen LogP contribution in [0.3, 0.4) is 0 Å². The predicted octanol–water partition coefficient (Wildman–Crippen LogP) is 5.33. The number of rotatable bonds is 18. The van der Waals surface area contributed by atoms with Gasteiger partial charge in [0.1, 0.15) is 12.2 Å². The average Bonchev–Trinajstić information content (AvgIpc) is 3.33. The molecule has 39 heavy (non-hydrogen) atoms. The van der Waals surface area contributed by atoms with Crippen LogP contribution in [0.25, 0.3) is 10.9 Å². The van der Waals surface area contributed by atoms with Crippen LogP contribution >= 0.6 is 0 Å². The summed E-state index contributed by atoms with van der Waals surface area (Å²) in [4.78, 5) is 26.3. The van der Waals surface area contributed by atoms with E-state index in [0.29, 0.717) is 18.6 Å². The molecule has 1 aromatic heterocycles. The number of H-pyrrole nitrogens is 1. The Balaban J connectivity index is 1.19. The molecule has 2 aromatic rings. The van der Waals surface area contributed by atoms with Crippen molar-refractivity contribution in [1.82, 2.24) is 4.98 Å². The lowest BCUT2D eigenvalue weighted by Gasteiger charge is -2.37. The number of benzene rings is 1. The summed E-state index contributed by atoms with van der Waals surface area (Å²) in [5, 5.41) is 29.5. The number of carbonyl (C=O) groups excluding carboxylic acids is 1. The summed E-state index contributed by atoms with van der Waals surface area (Å²) in [6, 6.07) is 7.54. The molecule has 9 nitrogen and oxygen atoms in total. The van der Waals surface area contributed by atoms with E-state index >= 15 is 0 Å². The van der Waals surface area contributed by atoms with Crippen LogP contribution in [-0.4, -0.2) is 69.6 Å². The summed E-state index contributed by atoms with van der Waals surface area (Å²) >= 11 is 0. The Morgan fingerprint density at radius 1 is 1.03 bits per heavy atom. The molecule has 9 heteroatoms. The molecule has 3 rings (SSSR count). The molecule has 1 aromatic carbocycles. The minimum Gasteiger partial charge on any atom is -0.481 e. The van der Waals surface area contributed by atoms with E-state index < -0.39 is 36.5 Å². The third-order valence-electron chi connectivity index (χ3n) is 7.35. The molecule has 5 atom stereocenters. The highest BCUT2D eigenvalue weighted by Crippen LogP contribution is 2.26. The molecule has 5 unspecified atom stereocenters. The first-order chi connectivity index (χ1) is 18.8. The summed E-state index contributed by atoms with van der Waals surface area (Å²) in [7, 11) is 0. The Morgan fingerprint density at radius 3 is 2.36 bits per heavy atom. The number of carboxylic acids is 1. The Hall–Kier alpha value is -2.46. The lowest BCUT2D eigenvalue weighted by Crippen LogP contribution is -2.48. The fraction of sp³-hybridized carbons (Fsp3) is 0.667. The zero-order chi connectivity index (χ0) is 28.0. The normalized spacial score (nSPS) is 22.1. The molecule has 2 heterocycles. The number of para-hydroxylation sites is 1. The van der Waals surface area contributed by atoms with E-state index in [1.165, 1.54) is 25.7 Å². The van der Waals surface area contributed by atoms with Gasteiger partial charge in [-0.3, -0.25) is 4.79 Å². The number of carbonyl (C=O) groups is 2. The molecule has 1 aliphatic heterocycles. The highest BCUT2D eigenvalue weighted by atomic mass is 16.7. The molecule has 218 valence electrons. The van der Waals surface area contributed by atoms with Crippen molar-refractivity contribution >= 4 is 22.8 Å². The number of aliphatic carboxylic acids is 1. The van der Waals surface area contributed by atoms with Crippen LogP contribution in [0.4, 0.5) is 0 Å². The van der Waals surface area contributed by atoms with Gasteiger partial charge in [-0.25, -0.2) is 4.79 Å². The second-order valence-corrected chi connectivity index (χ2v) is 10.7. The summed E-state index contributed by atoms with van der Waals surface area (Å²) in [6.45, 7) is 2.35. The SMILES string of the molecule is CC1OC(OCCCCCCCCCCCCC(O)CC(=O)O)C(O)CC1OC(=O)c1c[nH]c2ccccc12. The molecule has 1 saturated heterocycles. The van der Waals surface area contributed by atoms with Crippen LogP contribution in [0.1, 0.15) is 101 Å². The number of hydrogen-bond donors (Lipinski definition) is 4. The lowest BCUT2D eigenvalue weighted by atomic mass is 10.0. The number of hydrogen-bond acceptors (Lipinski definition) is 7. The number of ether oxygens (including phenoxy) is 3. The van der Waals surface area contributed by atoms with Gasteiger partial charge in [0.05, 0.1) is 24.2 Å². The highest BCUT2D eigenvalue weighted by Gasteiger charge is 2.38. The first-order valence-electron chi connectivity index (χ1n) is 14.5. The number of aliphatic hydroxyl groups excluding tert-OH is 2. The van der Waals surface area contributed by atoms with Gasteiger partial charge < -0.3 is 34.5 Å². The van der Waals surface area contributed by atoms with E-state index in [0.717, 1.165) is 49.4 Å². The summed E-state index contributed by atoms with van der Waals surface area (Å²) in [5.74, 6) is -1.38. The molecule has 0 aliphatic carbocycles. The van der Waals surface area contributed by atoms with Crippen molar-refractivity contribution in [3.63, 3.8) is 0 Å². The molecular weight excluding hydrogens is 502 g/mol. The van der Waals surface area contributed by atoms with Crippen LogP contribution in [0.15, 0.2) is 30.5 Å². The molecule has 0 saturated carbocycles. The first-order valence-corrected chi connectivity index (χ1v) is 14.5. The number of fused-ring (bicyclic) bond motifs is 1. The second kappa shape index (κ2) is 16.6. The quantitative estimate of drug-likeness (QED) is 0.145. The zero-order valence-corrected chi connectivity index (χ0v) is 23.1. The predicted molar refractivity (Wildman–Crippen MR) is 147 cm³/mol. The number of carboxylic acid groups (broad SMARTS) is 1. The lowest BCUT2D eigenvalue weighted by molar-refractivity contribution is -0.260. The average molecular weight is 548 g/mol. The standard InChI is InChI=1S/C30H45NO8/c1-21-27(39-29(36)24-20-31-25-16-12-11-15-23(24)25)19-26(33)30(38-21)37-17-13-9-7-5-3-2-4-6-8-10-14-22(32)18-28(34)35/h11-12,15-16,20-22,26-27,30-33H,2-10,13-14,17-19H2,1H3,(H,34,35). The molecular formula is C30H45NO8. The molecule has 1 aliphatic rings. The number of esters is 1. The fourth-order valence-corrected chi connectivity index (χ4v) is 5.07. The maximum Gasteiger partial charge on any atom is 0.340 e. The minimum atomic E-state index is -0.945. The van der Waals surface area contributed by atoms with Crippen molar-refractivity contribution in [2.24, 2.45) is 0 Å². The third-order valence-corrected chi connectivity index (χ3v) is 7.35. The molecule has 0 bridgehead atoms. The molecule has 4 N–H and O–H groups in total. The third kappa shape index (κ3) is 10.6. The van der Waals surface area contributed by atoms with Crippen LogP contribution in [-0.2, 0) is 19.0 Å². The highest BCUT2D eigenvalue weighted by molar-refractivity contribution is 6.04. The smallest absolute Gasteiger partial charge is 0.340 e. The number of unbranched alkanes of at least 4 members (excludes halogenated alkanes) is 9. The van der Waals surface area contributed by atoms with Crippen molar-refractivity contribution in [2.45, 2.75) is 121 Å². The van der Waals surface area contributed by atoms with Gasteiger partial charge in [-0.2, -0.15) is 0 Å². The van der Waals surface area contributed by atoms with Crippen LogP contribution < -0.4 is 0 Å². The van der Waals surface area contributed by atoms with Gasteiger partial charge in [-0.1, -0.05) is 76.0 Å². The number of aromatic nitrogens is 1. The van der Waals surface area contributed by atoms with E-state index in [1.807, 2.05) is 31.2 Å². The van der Waals surface area contributed by atoms with Gasteiger partial charge in [0.15, 0.2) is 6.29 Å². The number of nitrogens with one attached hydrogen (secondary N) is 1. The van der Waals surface area contributed by atoms with Gasteiger partial charge in [-0.15, -0.1) is 0 Å². The maximum absolute atomic E-state index is 12.7. The van der Waals surface area contributed by atoms with Gasteiger partial charge in [0.25, 0.3) is 0 Å². The second-order valence-electron chi connectivity index (χ2n) is 10.7. The number of aromatic amines is 1. The van der Waals surface area contributed by atoms with Crippen LogP contribution in [0, 0.1) is 0 Å². The molecule has 1 fully saturated rings. The monoisotopic (exact) mass is 547 g/mol. The topological polar surface area (TPSA) is 138 Å². The van der Waals surface area contributed by atoms with E-state index in [9.17, 15) is 19.8 Å².